The van der Waals surface area contributed by atoms with E-state index in [1.54, 1.807) is 0 Å². The summed E-state index contributed by atoms with van der Waals surface area (Å²) in [6.07, 6.45) is 0. The van der Waals surface area contributed by atoms with E-state index in [0.29, 0.717) is 6.54 Å². The van der Waals surface area contributed by atoms with Crippen molar-refractivity contribution in [3.63, 3.8) is 0 Å². The molecule has 8 nitrogen and oxygen atoms in total. The third-order valence-electron chi connectivity index (χ3n) is 5.63. The third kappa shape index (κ3) is 5.72. The van der Waals surface area contributed by atoms with Gasteiger partial charge in [-0.1, -0.05) is 23.7 Å². The fraction of sp³-hybridized carbons (Fsp3) is 0.409. The van der Waals surface area contributed by atoms with E-state index in [1.165, 1.54) is 18.2 Å². The molecule has 2 aromatic carbocycles. The zero-order valence-electron chi connectivity index (χ0n) is 18.0. The van der Waals surface area contributed by atoms with Gasteiger partial charge in [0.1, 0.15) is 0 Å². The van der Waals surface area contributed by atoms with Crippen LogP contribution in [-0.2, 0) is 0 Å². The van der Waals surface area contributed by atoms with Crippen LogP contribution in [0.2, 0.25) is 5.02 Å². The normalized spacial score (nSPS) is 16.0. The van der Waals surface area contributed by atoms with Crippen molar-refractivity contribution in [1.29, 1.82) is 0 Å². The van der Waals surface area contributed by atoms with Gasteiger partial charge in [-0.25, -0.2) is 0 Å². The number of benzene rings is 2. The van der Waals surface area contributed by atoms with Gasteiger partial charge >= 0.3 is 0 Å². The van der Waals surface area contributed by atoms with Gasteiger partial charge in [-0.3, -0.25) is 19.8 Å². The summed E-state index contributed by atoms with van der Waals surface area (Å²) >= 11 is 6.14. The number of likely N-dealkylation sites (N-methyl/N-ethyl adjacent to an activating group) is 1. The summed E-state index contributed by atoms with van der Waals surface area (Å²) in [5, 5.41) is 14.2. The van der Waals surface area contributed by atoms with E-state index in [0.717, 1.165) is 37.4 Å². The smallest absolute Gasteiger partial charge is 0.270 e. The Kier molecular flexibility index (Phi) is 7.48. The van der Waals surface area contributed by atoms with Crippen LogP contribution in [0.1, 0.15) is 22.0 Å². The van der Waals surface area contributed by atoms with E-state index in [1.807, 2.05) is 19.0 Å². The average Bonchev–Trinajstić information content (AvgIpc) is 2.75. The molecule has 0 bridgehead atoms. The first kappa shape index (κ1) is 23.0. The number of nitro benzene ring substituents is 1. The van der Waals surface area contributed by atoms with Gasteiger partial charge in [-0.05, 0) is 30.8 Å². The van der Waals surface area contributed by atoms with Gasteiger partial charge in [0.2, 0.25) is 0 Å². The number of carbonyl (C=O) groups is 1. The molecular weight excluding hydrogens is 418 g/mol. The number of nitrogens with zero attached hydrogens (tertiary/aromatic N) is 4. The molecule has 3 rings (SSSR count). The quantitative estimate of drug-likeness (QED) is 0.521. The van der Waals surface area contributed by atoms with Crippen LogP contribution in [0, 0.1) is 10.1 Å². The number of rotatable bonds is 7. The molecule has 2 aromatic rings. The molecule has 0 aromatic heterocycles. The summed E-state index contributed by atoms with van der Waals surface area (Å²) in [5.41, 5.74) is 2.16. The molecule has 0 unspecified atom stereocenters. The topological polar surface area (TPSA) is 82.0 Å². The van der Waals surface area contributed by atoms with E-state index in [4.69, 9.17) is 11.6 Å². The number of piperazine rings is 1. The summed E-state index contributed by atoms with van der Waals surface area (Å²) in [7, 11) is 6.09. The lowest BCUT2D eigenvalue weighted by molar-refractivity contribution is -0.384. The van der Waals surface area contributed by atoms with Gasteiger partial charge in [-0.15, -0.1) is 0 Å². The first-order valence-corrected chi connectivity index (χ1v) is 10.6. The lowest BCUT2D eigenvalue weighted by Crippen LogP contribution is -2.48. The Bertz CT molecular complexity index is 927. The first-order valence-electron chi connectivity index (χ1n) is 10.2. The lowest BCUT2D eigenvalue weighted by Gasteiger charge is -2.38. The largest absolute Gasteiger partial charge is 0.378 e. The van der Waals surface area contributed by atoms with Gasteiger partial charge < -0.3 is 15.1 Å². The molecule has 1 aliphatic heterocycles. The zero-order valence-corrected chi connectivity index (χ0v) is 18.8. The van der Waals surface area contributed by atoms with E-state index >= 15 is 0 Å². The second-order valence-electron chi connectivity index (χ2n) is 7.97. The van der Waals surface area contributed by atoms with Gasteiger partial charge in [0, 0.05) is 64.6 Å². The van der Waals surface area contributed by atoms with E-state index in [2.05, 4.69) is 46.4 Å². The van der Waals surface area contributed by atoms with Crippen LogP contribution in [0.3, 0.4) is 0 Å². The average molecular weight is 446 g/mol. The van der Waals surface area contributed by atoms with Gasteiger partial charge in [-0.2, -0.15) is 0 Å². The van der Waals surface area contributed by atoms with Crippen molar-refractivity contribution in [3.05, 3.63) is 68.7 Å². The Balaban J connectivity index is 1.79. The number of non-ortho nitro benzene ring substituents is 1. The summed E-state index contributed by atoms with van der Waals surface area (Å²) in [5.74, 6) is -0.419. The zero-order chi connectivity index (χ0) is 22.5. The minimum atomic E-state index is -0.535. The Labute approximate surface area is 187 Å². The molecule has 9 heteroatoms. The molecule has 0 saturated carbocycles. The highest BCUT2D eigenvalue weighted by Crippen LogP contribution is 2.25. The molecule has 1 N–H and O–H groups in total. The summed E-state index contributed by atoms with van der Waals surface area (Å²) in [4.78, 5) is 30.0. The van der Waals surface area contributed by atoms with E-state index < -0.39 is 10.8 Å². The maximum atomic E-state index is 12.8. The van der Waals surface area contributed by atoms with Crippen molar-refractivity contribution in [2.45, 2.75) is 6.04 Å². The molecule has 1 fully saturated rings. The third-order valence-corrected chi connectivity index (χ3v) is 5.96. The predicted molar refractivity (Wildman–Crippen MR) is 123 cm³/mol. The van der Waals surface area contributed by atoms with Crippen LogP contribution in [0.25, 0.3) is 0 Å². The van der Waals surface area contributed by atoms with Crippen LogP contribution >= 0.6 is 11.6 Å². The van der Waals surface area contributed by atoms with Gasteiger partial charge in [0.25, 0.3) is 11.6 Å². The van der Waals surface area contributed by atoms with Crippen LogP contribution < -0.4 is 10.2 Å². The molecule has 1 atom stereocenters. The van der Waals surface area contributed by atoms with Crippen molar-refractivity contribution in [1.82, 2.24) is 15.1 Å². The number of nitrogens with one attached hydrogen (secondary N) is 1. The molecule has 1 amide bonds. The van der Waals surface area contributed by atoms with Crippen molar-refractivity contribution in [2.24, 2.45) is 0 Å². The summed E-state index contributed by atoms with van der Waals surface area (Å²) in [6, 6.07) is 12.2. The van der Waals surface area contributed by atoms with E-state index in [9.17, 15) is 14.9 Å². The number of halogens is 1. The standard InChI is InChI=1S/C22H28ClN5O3/c1-25(2)17-6-4-16(5-7-17)21(27-12-10-26(3)11-13-27)15-24-22(29)19-14-18(28(30)31)8-9-20(19)23/h4-9,14,21H,10-13,15H2,1-3H3,(H,24,29)/t21-/m0/s1. The maximum absolute atomic E-state index is 12.8. The van der Waals surface area contributed by atoms with Crippen molar-refractivity contribution < 1.29 is 9.72 Å². The fourth-order valence-corrected chi connectivity index (χ4v) is 3.87. The molecule has 0 spiro atoms. The minimum Gasteiger partial charge on any atom is -0.378 e. The first-order chi connectivity index (χ1) is 14.8. The number of nitro groups is 1. The highest BCUT2D eigenvalue weighted by Gasteiger charge is 2.25. The Morgan fingerprint density at radius 1 is 1.16 bits per heavy atom. The van der Waals surface area contributed by atoms with Crippen molar-refractivity contribution in [2.75, 3.05) is 58.8 Å². The Morgan fingerprint density at radius 3 is 2.39 bits per heavy atom. The second-order valence-corrected chi connectivity index (χ2v) is 8.38. The maximum Gasteiger partial charge on any atom is 0.270 e. The molecule has 31 heavy (non-hydrogen) atoms. The molecule has 166 valence electrons. The highest BCUT2D eigenvalue weighted by molar-refractivity contribution is 6.33. The minimum absolute atomic E-state index is 0.00802. The van der Waals surface area contributed by atoms with Crippen LogP contribution in [0.4, 0.5) is 11.4 Å². The Morgan fingerprint density at radius 2 is 1.81 bits per heavy atom. The second kappa shape index (κ2) is 10.1. The summed E-state index contributed by atoms with van der Waals surface area (Å²) < 4.78 is 0. The SMILES string of the molecule is CN1CCN([C@@H](CNC(=O)c2cc([N+](=O)[O-])ccc2Cl)c2ccc(N(C)C)cc2)CC1. The molecule has 1 aliphatic rings. The van der Waals surface area contributed by atoms with Crippen LogP contribution in [-0.4, -0.2) is 74.5 Å². The Hall–Kier alpha value is -2.68. The number of hydrogen-bond donors (Lipinski definition) is 1. The highest BCUT2D eigenvalue weighted by atomic mass is 35.5. The molecular formula is C22H28ClN5O3. The fourth-order valence-electron chi connectivity index (χ4n) is 3.67. The van der Waals surface area contributed by atoms with Crippen molar-refractivity contribution >= 4 is 28.9 Å². The number of anilines is 1. The van der Waals surface area contributed by atoms with Crippen LogP contribution in [0.5, 0.6) is 0 Å². The predicted octanol–water partition coefficient (Wildman–Crippen LogP) is 3.03. The summed E-state index contributed by atoms with van der Waals surface area (Å²) in [6.45, 7) is 4.07. The molecule has 1 saturated heterocycles. The van der Waals surface area contributed by atoms with Gasteiger partial charge in [0.15, 0.2) is 0 Å². The molecule has 1 heterocycles. The van der Waals surface area contributed by atoms with E-state index in [-0.39, 0.29) is 22.3 Å². The monoisotopic (exact) mass is 445 g/mol. The van der Waals surface area contributed by atoms with Crippen LogP contribution in [0.15, 0.2) is 42.5 Å². The lowest BCUT2D eigenvalue weighted by atomic mass is 10.0. The molecule has 0 aliphatic carbocycles. The van der Waals surface area contributed by atoms with Crippen molar-refractivity contribution in [3.8, 4) is 0 Å². The number of amides is 1. The van der Waals surface area contributed by atoms with Gasteiger partial charge in [0.05, 0.1) is 21.6 Å². The number of hydrogen-bond acceptors (Lipinski definition) is 6. The molecule has 0 radical (unpaired) electrons. The number of carbonyl (C=O) groups excluding carboxylic acids is 1.